The largest absolute Gasteiger partial charge is 0.490 e. The zero-order valence-corrected chi connectivity index (χ0v) is 13.9. The summed E-state index contributed by atoms with van der Waals surface area (Å²) in [5.74, 6) is 1.59. The maximum absolute atomic E-state index is 5.66. The minimum absolute atomic E-state index is 0.274. The third-order valence-corrected chi connectivity index (χ3v) is 4.30. The van der Waals surface area contributed by atoms with Gasteiger partial charge in [-0.3, -0.25) is 0 Å². The van der Waals surface area contributed by atoms with Crippen molar-refractivity contribution in [3.63, 3.8) is 0 Å². The summed E-state index contributed by atoms with van der Waals surface area (Å²) in [5.41, 5.74) is 1.04. The highest BCUT2D eigenvalue weighted by Gasteiger charge is 2.10. The van der Waals surface area contributed by atoms with Crippen molar-refractivity contribution in [2.24, 2.45) is 0 Å². The van der Waals surface area contributed by atoms with E-state index in [2.05, 4.69) is 31.3 Å². The molecule has 1 aromatic heterocycles. The molecule has 0 spiro atoms. The Morgan fingerprint density at radius 2 is 1.76 bits per heavy atom. The van der Waals surface area contributed by atoms with Crippen molar-refractivity contribution < 1.29 is 9.47 Å². The van der Waals surface area contributed by atoms with Crippen molar-refractivity contribution in [2.75, 3.05) is 18.5 Å². The maximum Gasteiger partial charge on any atom is 0.163 e. The van der Waals surface area contributed by atoms with Crippen molar-refractivity contribution in [1.29, 1.82) is 0 Å². The average Bonchev–Trinajstić information content (AvgIpc) is 2.89. The Balaban J connectivity index is 2.14. The molecule has 114 valence electrons. The van der Waals surface area contributed by atoms with Gasteiger partial charge in [-0.15, -0.1) is 11.3 Å². The van der Waals surface area contributed by atoms with Gasteiger partial charge in [0, 0.05) is 21.5 Å². The zero-order chi connectivity index (χ0) is 15.2. The molecule has 0 aliphatic heterocycles. The standard InChI is InChI=1S/C17H23NO2S/c1-5-19-15-9-8-14(11-16(15)20-6-2)18-13(4)17-10-7-12(3)21-17/h7-11,13,18H,5-6H2,1-4H3. The van der Waals surface area contributed by atoms with Crippen molar-refractivity contribution in [2.45, 2.75) is 33.7 Å². The van der Waals surface area contributed by atoms with Gasteiger partial charge in [0.1, 0.15) is 0 Å². The van der Waals surface area contributed by atoms with Crippen molar-refractivity contribution in [1.82, 2.24) is 0 Å². The summed E-state index contributed by atoms with van der Waals surface area (Å²) in [6, 6.07) is 10.6. The highest BCUT2D eigenvalue weighted by Crippen LogP contribution is 2.33. The molecular formula is C17H23NO2S. The van der Waals surface area contributed by atoms with E-state index >= 15 is 0 Å². The molecule has 0 radical (unpaired) electrons. The van der Waals surface area contributed by atoms with Crippen molar-refractivity contribution in [3.05, 3.63) is 40.1 Å². The monoisotopic (exact) mass is 305 g/mol. The molecule has 0 bridgehead atoms. The van der Waals surface area contributed by atoms with Crippen LogP contribution in [0.2, 0.25) is 0 Å². The van der Waals surface area contributed by atoms with E-state index in [-0.39, 0.29) is 6.04 Å². The second kappa shape index (κ2) is 7.36. The first-order valence-electron chi connectivity index (χ1n) is 7.36. The highest BCUT2D eigenvalue weighted by molar-refractivity contribution is 7.12. The Hall–Kier alpha value is -1.68. The molecule has 3 nitrogen and oxygen atoms in total. The fraction of sp³-hybridized carbons (Fsp3) is 0.412. The lowest BCUT2D eigenvalue weighted by molar-refractivity contribution is 0.288. The van der Waals surface area contributed by atoms with Crippen LogP contribution in [-0.2, 0) is 0 Å². The predicted molar refractivity (Wildman–Crippen MR) is 89.9 cm³/mol. The first-order valence-corrected chi connectivity index (χ1v) is 8.18. The fourth-order valence-corrected chi connectivity index (χ4v) is 3.03. The van der Waals surface area contributed by atoms with E-state index in [1.54, 1.807) is 0 Å². The van der Waals surface area contributed by atoms with Crippen LogP contribution in [0, 0.1) is 6.92 Å². The summed E-state index contributed by atoms with van der Waals surface area (Å²) in [4.78, 5) is 2.67. The van der Waals surface area contributed by atoms with Crippen LogP contribution in [0.4, 0.5) is 5.69 Å². The molecule has 1 N–H and O–H groups in total. The van der Waals surface area contributed by atoms with E-state index in [0.717, 1.165) is 17.2 Å². The van der Waals surface area contributed by atoms with E-state index in [1.807, 2.05) is 43.4 Å². The fourth-order valence-electron chi connectivity index (χ4n) is 2.15. The number of hydrogen-bond donors (Lipinski definition) is 1. The quantitative estimate of drug-likeness (QED) is 0.778. The summed E-state index contributed by atoms with van der Waals surface area (Å²) < 4.78 is 11.2. The molecular weight excluding hydrogens is 282 g/mol. The maximum atomic E-state index is 5.66. The summed E-state index contributed by atoms with van der Waals surface area (Å²) in [6.45, 7) is 9.52. The summed E-state index contributed by atoms with van der Waals surface area (Å²) in [6.07, 6.45) is 0. The minimum Gasteiger partial charge on any atom is -0.490 e. The summed E-state index contributed by atoms with van der Waals surface area (Å²) in [5, 5.41) is 3.51. The number of thiophene rings is 1. The lowest BCUT2D eigenvalue weighted by Gasteiger charge is -2.16. The lowest BCUT2D eigenvalue weighted by atomic mass is 10.2. The van der Waals surface area contributed by atoms with Crippen LogP contribution in [-0.4, -0.2) is 13.2 Å². The molecule has 1 aromatic carbocycles. The number of rotatable bonds is 7. The van der Waals surface area contributed by atoms with Crippen LogP contribution in [0.5, 0.6) is 11.5 Å². The average molecular weight is 305 g/mol. The van der Waals surface area contributed by atoms with Gasteiger partial charge in [0.25, 0.3) is 0 Å². The van der Waals surface area contributed by atoms with E-state index in [1.165, 1.54) is 9.75 Å². The van der Waals surface area contributed by atoms with Gasteiger partial charge in [0.15, 0.2) is 11.5 Å². The molecule has 1 heterocycles. The Morgan fingerprint density at radius 1 is 1.05 bits per heavy atom. The normalized spacial score (nSPS) is 12.0. The molecule has 0 aliphatic rings. The van der Waals surface area contributed by atoms with Gasteiger partial charge in [-0.1, -0.05) is 0 Å². The Morgan fingerprint density at radius 3 is 2.38 bits per heavy atom. The molecule has 2 aromatic rings. The second-order valence-electron chi connectivity index (χ2n) is 4.84. The Kier molecular flexibility index (Phi) is 5.51. The van der Waals surface area contributed by atoms with Gasteiger partial charge >= 0.3 is 0 Å². The number of hydrogen-bond acceptors (Lipinski definition) is 4. The third-order valence-electron chi connectivity index (χ3n) is 3.11. The van der Waals surface area contributed by atoms with Crippen molar-refractivity contribution >= 4 is 17.0 Å². The van der Waals surface area contributed by atoms with Crippen LogP contribution in [0.25, 0.3) is 0 Å². The molecule has 0 aliphatic carbocycles. The van der Waals surface area contributed by atoms with E-state index in [9.17, 15) is 0 Å². The summed E-state index contributed by atoms with van der Waals surface area (Å²) in [7, 11) is 0. The topological polar surface area (TPSA) is 30.5 Å². The minimum atomic E-state index is 0.274. The smallest absolute Gasteiger partial charge is 0.163 e. The van der Waals surface area contributed by atoms with E-state index < -0.39 is 0 Å². The van der Waals surface area contributed by atoms with Crippen LogP contribution in [0.1, 0.15) is 36.6 Å². The molecule has 2 rings (SSSR count). The Labute approximate surface area is 130 Å². The molecule has 0 saturated carbocycles. The van der Waals surface area contributed by atoms with Crippen LogP contribution < -0.4 is 14.8 Å². The lowest BCUT2D eigenvalue weighted by Crippen LogP contribution is -2.05. The number of anilines is 1. The van der Waals surface area contributed by atoms with Crippen LogP contribution in [0.15, 0.2) is 30.3 Å². The van der Waals surface area contributed by atoms with E-state index in [4.69, 9.17) is 9.47 Å². The van der Waals surface area contributed by atoms with Gasteiger partial charge < -0.3 is 14.8 Å². The third kappa shape index (κ3) is 4.14. The predicted octanol–water partition coefficient (Wildman–Crippen LogP) is 5.03. The number of ether oxygens (including phenoxy) is 2. The molecule has 0 saturated heterocycles. The van der Waals surface area contributed by atoms with Crippen molar-refractivity contribution in [3.8, 4) is 11.5 Å². The molecule has 1 unspecified atom stereocenters. The van der Waals surface area contributed by atoms with Crippen LogP contribution in [0.3, 0.4) is 0 Å². The number of aryl methyl sites for hydroxylation is 1. The van der Waals surface area contributed by atoms with Crippen LogP contribution >= 0.6 is 11.3 Å². The molecule has 21 heavy (non-hydrogen) atoms. The number of nitrogens with one attached hydrogen (secondary N) is 1. The van der Waals surface area contributed by atoms with Gasteiger partial charge in [-0.25, -0.2) is 0 Å². The van der Waals surface area contributed by atoms with Gasteiger partial charge in [-0.2, -0.15) is 0 Å². The highest BCUT2D eigenvalue weighted by atomic mass is 32.1. The summed E-state index contributed by atoms with van der Waals surface area (Å²) >= 11 is 1.82. The number of benzene rings is 1. The molecule has 1 atom stereocenters. The van der Waals surface area contributed by atoms with Gasteiger partial charge in [0.2, 0.25) is 0 Å². The first-order chi connectivity index (χ1) is 10.1. The zero-order valence-electron chi connectivity index (χ0n) is 13.1. The first kappa shape index (κ1) is 15.7. The SMILES string of the molecule is CCOc1ccc(NC(C)c2ccc(C)s2)cc1OCC. The molecule has 4 heteroatoms. The van der Waals surface area contributed by atoms with E-state index in [0.29, 0.717) is 13.2 Å². The van der Waals surface area contributed by atoms with Gasteiger partial charge in [-0.05, 0) is 52.0 Å². The molecule has 0 amide bonds. The second-order valence-corrected chi connectivity index (χ2v) is 6.16. The Bertz CT molecular complexity index is 580. The van der Waals surface area contributed by atoms with Gasteiger partial charge in [0.05, 0.1) is 19.3 Å². The molecule has 0 fully saturated rings.